The third-order valence-electron chi connectivity index (χ3n) is 4.68. The van der Waals surface area contributed by atoms with E-state index in [0.717, 1.165) is 25.7 Å². The Labute approximate surface area is 156 Å². The summed E-state index contributed by atoms with van der Waals surface area (Å²) in [5.74, 6) is 0.682. The Morgan fingerprint density at radius 1 is 0.880 bits per heavy atom. The van der Waals surface area contributed by atoms with Crippen molar-refractivity contribution in [3.63, 3.8) is 0 Å². The standard InChI is InChI=1S/C22H38O2S/c1-18(2)19-11-13-20(14-12-19)25(23,24)16-10-8-9-15-22(6,7)17-21(3,4)5/h11-14,18H,8-10,15-17H2,1-7H3. The van der Waals surface area contributed by atoms with Crippen LogP contribution in [0.25, 0.3) is 0 Å². The third kappa shape index (κ3) is 8.40. The predicted octanol–water partition coefficient (Wildman–Crippen LogP) is 6.61. The fourth-order valence-corrected chi connectivity index (χ4v) is 5.14. The minimum atomic E-state index is -3.15. The molecule has 0 bridgehead atoms. The summed E-state index contributed by atoms with van der Waals surface area (Å²) in [5.41, 5.74) is 1.85. The lowest BCUT2D eigenvalue weighted by Gasteiger charge is -2.32. The minimum absolute atomic E-state index is 0.258. The molecule has 144 valence electrons. The van der Waals surface area contributed by atoms with Gasteiger partial charge in [0, 0.05) is 0 Å². The van der Waals surface area contributed by atoms with Crippen LogP contribution in [0.4, 0.5) is 0 Å². The van der Waals surface area contributed by atoms with Gasteiger partial charge in [-0.05, 0) is 53.7 Å². The van der Waals surface area contributed by atoms with E-state index >= 15 is 0 Å². The number of benzene rings is 1. The van der Waals surface area contributed by atoms with Crippen molar-refractivity contribution in [2.45, 2.75) is 91.4 Å². The highest BCUT2D eigenvalue weighted by Crippen LogP contribution is 2.37. The van der Waals surface area contributed by atoms with E-state index in [1.807, 2.05) is 12.1 Å². The van der Waals surface area contributed by atoms with E-state index in [2.05, 4.69) is 48.5 Å². The molecule has 0 amide bonds. The molecule has 0 radical (unpaired) electrons. The van der Waals surface area contributed by atoms with Crippen LogP contribution in [0.1, 0.15) is 92.1 Å². The quantitative estimate of drug-likeness (QED) is 0.461. The van der Waals surface area contributed by atoms with Crippen LogP contribution < -0.4 is 0 Å². The number of unbranched alkanes of at least 4 members (excludes halogenated alkanes) is 2. The number of rotatable bonds is 9. The monoisotopic (exact) mass is 366 g/mol. The largest absolute Gasteiger partial charge is 0.224 e. The summed E-state index contributed by atoms with van der Waals surface area (Å²) in [6.07, 6.45) is 5.19. The van der Waals surface area contributed by atoms with E-state index in [1.54, 1.807) is 12.1 Å². The lowest BCUT2D eigenvalue weighted by atomic mass is 9.73. The Bertz CT molecular complexity index is 617. The second-order valence-electron chi connectivity index (χ2n) is 9.75. The van der Waals surface area contributed by atoms with Gasteiger partial charge in [-0.2, -0.15) is 0 Å². The number of sulfone groups is 1. The van der Waals surface area contributed by atoms with Crippen molar-refractivity contribution in [2.24, 2.45) is 10.8 Å². The zero-order valence-electron chi connectivity index (χ0n) is 17.4. The maximum Gasteiger partial charge on any atom is 0.178 e. The van der Waals surface area contributed by atoms with Gasteiger partial charge in [0.15, 0.2) is 9.84 Å². The van der Waals surface area contributed by atoms with Crippen molar-refractivity contribution in [3.05, 3.63) is 29.8 Å². The number of hydrogen-bond acceptors (Lipinski definition) is 2. The molecule has 0 aromatic heterocycles. The Balaban J connectivity index is 2.44. The van der Waals surface area contributed by atoms with Crippen LogP contribution in [-0.2, 0) is 9.84 Å². The van der Waals surface area contributed by atoms with Gasteiger partial charge in [0.2, 0.25) is 0 Å². The first kappa shape index (κ1) is 22.2. The molecule has 1 aromatic rings. The van der Waals surface area contributed by atoms with Crippen LogP contribution in [0.5, 0.6) is 0 Å². The fraction of sp³-hybridized carbons (Fsp3) is 0.727. The van der Waals surface area contributed by atoms with Crippen molar-refractivity contribution >= 4 is 9.84 Å². The molecular weight excluding hydrogens is 328 g/mol. The van der Waals surface area contributed by atoms with Crippen LogP contribution in [0.3, 0.4) is 0 Å². The molecule has 0 atom stereocenters. The molecule has 0 saturated heterocycles. The fourth-order valence-electron chi connectivity index (χ4n) is 3.77. The van der Waals surface area contributed by atoms with Gasteiger partial charge in [-0.25, -0.2) is 8.42 Å². The van der Waals surface area contributed by atoms with Gasteiger partial charge in [-0.1, -0.05) is 73.4 Å². The Hall–Kier alpha value is -0.830. The van der Waals surface area contributed by atoms with E-state index in [9.17, 15) is 8.42 Å². The predicted molar refractivity (Wildman–Crippen MR) is 109 cm³/mol. The molecule has 0 aliphatic heterocycles. The van der Waals surface area contributed by atoms with Crippen LogP contribution in [-0.4, -0.2) is 14.2 Å². The normalized spacial score (nSPS) is 13.4. The highest BCUT2D eigenvalue weighted by molar-refractivity contribution is 7.91. The lowest BCUT2D eigenvalue weighted by Crippen LogP contribution is -2.20. The maximum absolute atomic E-state index is 12.5. The maximum atomic E-state index is 12.5. The summed E-state index contributed by atoms with van der Waals surface area (Å²) < 4.78 is 24.9. The van der Waals surface area contributed by atoms with Crippen LogP contribution in [0, 0.1) is 10.8 Å². The molecule has 0 aliphatic carbocycles. The molecule has 1 rings (SSSR count). The van der Waals surface area contributed by atoms with Gasteiger partial charge in [0.1, 0.15) is 0 Å². The molecular formula is C22H38O2S. The summed E-state index contributed by atoms with van der Waals surface area (Å²) in [5, 5.41) is 0. The first-order chi connectivity index (χ1) is 11.3. The van der Waals surface area contributed by atoms with E-state index in [-0.39, 0.29) is 5.75 Å². The highest BCUT2D eigenvalue weighted by atomic mass is 32.2. The van der Waals surface area contributed by atoms with Gasteiger partial charge in [-0.3, -0.25) is 0 Å². The van der Waals surface area contributed by atoms with E-state index < -0.39 is 9.84 Å². The Morgan fingerprint density at radius 2 is 1.44 bits per heavy atom. The molecule has 0 fully saturated rings. The van der Waals surface area contributed by atoms with Crippen molar-refractivity contribution in [1.29, 1.82) is 0 Å². The van der Waals surface area contributed by atoms with Crippen molar-refractivity contribution in [2.75, 3.05) is 5.75 Å². The molecule has 0 heterocycles. The summed E-state index contributed by atoms with van der Waals surface area (Å²) >= 11 is 0. The molecule has 0 spiro atoms. The first-order valence-electron chi connectivity index (χ1n) is 9.65. The minimum Gasteiger partial charge on any atom is -0.224 e. The van der Waals surface area contributed by atoms with Crippen LogP contribution in [0.15, 0.2) is 29.2 Å². The molecule has 0 saturated carbocycles. The topological polar surface area (TPSA) is 34.1 Å². The Kier molecular flexibility index (Phi) is 7.73. The van der Waals surface area contributed by atoms with Crippen molar-refractivity contribution in [1.82, 2.24) is 0 Å². The van der Waals surface area contributed by atoms with Gasteiger partial charge >= 0.3 is 0 Å². The molecule has 1 aromatic carbocycles. The van der Waals surface area contributed by atoms with Crippen molar-refractivity contribution in [3.8, 4) is 0 Å². The molecule has 2 nitrogen and oxygen atoms in total. The van der Waals surface area contributed by atoms with E-state index in [4.69, 9.17) is 0 Å². The number of hydrogen-bond donors (Lipinski definition) is 0. The average Bonchev–Trinajstić information content (AvgIpc) is 2.44. The molecule has 0 aliphatic rings. The van der Waals surface area contributed by atoms with E-state index in [1.165, 1.54) is 12.0 Å². The molecule has 0 N–H and O–H groups in total. The third-order valence-corrected chi connectivity index (χ3v) is 6.50. The zero-order valence-corrected chi connectivity index (χ0v) is 18.2. The summed E-state index contributed by atoms with van der Waals surface area (Å²) in [4.78, 5) is 0.463. The van der Waals surface area contributed by atoms with Crippen LogP contribution >= 0.6 is 0 Å². The average molecular weight is 367 g/mol. The van der Waals surface area contributed by atoms with Gasteiger partial charge in [0.25, 0.3) is 0 Å². The Morgan fingerprint density at radius 3 is 1.92 bits per heavy atom. The zero-order chi connectivity index (χ0) is 19.3. The summed E-state index contributed by atoms with van der Waals surface area (Å²) in [6, 6.07) is 7.40. The molecule has 3 heteroatoms. The van der Waals surface area contributed by atoms with Gasteiger partial charge < -0.3 is 0 Å². The smallest absolute Gasteiger partial charge is 0.178 e. The first-order valence-corrected chi connectivity index (χ1v) is 11.3. The van der Waals surface area contributed by atoms with Gasteiger partial charge in [-0.15, -0.1) is 0 Å². The highest BCUT2D eigenvalue weighted by Gasteiger charge is 2.25. The molecule has 25 heavy (non-hydrogen) atoms. The second-order valence-corrected chi connectivity index (χ2v) is 11.9. The SMILES string of the molecule is CC(C)c1ccc(S(=O)(=O)CCCCCC(C)(C)CC(C)(C)C)cc1. The van der Waals surface area contributed by atoms with Crippen LogP contribution in [0.2, 0.25) is 0 Å². The van der Waals surface area contributed by atoms with Crippen molar-refractivity contribution < 1.29 is 8.42 Å². The molecule has 0 unspecified atom stereocenters. The summed E-state index contributed by atoms with van der Waals surface area (Å²) in [6.45, 7) is 15.7. The van der Waals surface area contributed by atoms with E-state index in [0.29, 0.717) is 21.6 Å². The van der Waals surface area contributed by atoms with Gasteiger partial charge in [0.05, 0.1) is 10.6 Å². The summed E-state index contributed by atoms with van der Waals surface area (Å²) in [7, 11) is -3.15. The lowest BCUT2D eigenvalue weighted by molar-refractivity contribution is 0.194. The second kappa shape index (κ2) is 8.70.